The zero-order chi connectivity index (χ0) is 17.2. The van der Waals surface area contributed by atoms with Gasteiger partial charge in [-0.2, -0.15) is 15.4 Å². The molecule has 6 heteroatoms. The van der Waals surface area contributed by atoms with E-state index in [-0.39, 0.29) is 12.5 Å². The van der Waals surface area contributed by atoms with E-state index in [9.17, 15) is 9.90 Å². The van der Waals surface area contributed by atoms with E-state index < -0.39 is 5.60 Å². The Kier molecular flexibility index (Phi) is 4.49. The SMILES string of the molecule is CC/C(=C\C(=O)N1CCC(O)(c2cn[nH]n2)C1)c1ccc(C)cc1. The summed E-state index contributed by atoms with van der Waals surface area (Å²) in [7, 11) is 0. The van der Waals surface area contributed by atoms with Gasteiger partial charge in [0.05, 0.1) is 12.7 Å². The molecule has 1 fully saturated rings. The Morgan fingerprint density at radius 1 is 1.42 bits per heavy atom. The van der Waals surface area contributed by atoms with Gasteiger partial charge < -0.3 is 10.0 Å². The van der Waals surface area contributed by atoms with Crippen molar-refractivity contribution in [3.63, 3.8) is 0 Å². The Bertz CT molecular complexity index is 737. The van der Waals surface area contributed by atoms with Crippen molar-refractivity contribution >= 4 is 11.5 Å². The third-order valence-electron chi connectivity index (χ3n) is 4.55. The van der Waals surface area contributed by atoms with Crippen molar-refractivity contribution in [1.29, 1.82) is 0 Å². The molecule has 1 amide bonds. The van der Waals surface area contributed by atoms with Crippen LogP contribution in [0.25, 0.3) is 5.57 Å². The maximum Gasteiger partial charge on any atom is 0.246 e. The number of carbonyl (C=O) groups excluding carboxylic acids is 1. The molecule has 2 aromatic rings. The highest BCUT2D eigenvalue weighted by Crippen LogP contribution is 2.30. The molecule has 1 aromatic heterocycles. The van der Waals surface area contributed by atoms with Crippen LogP contribution in [0.4, 0.5) is 0 Å². The first-order valence-corrected chi connectivity index (χ1v) is 8.17. The summed E-state index contributed by atoms with van der Waals surface area (Å²) >= 11 is 0. The van der Waals surface area contributed by atoms with Crippen LogP contribution in [0.1, 0.15) is 36.6 Å². The largest absolute Gasteiger partial charge is 0.381 e. The summed E-state index contributed by atoms with van der Waals surface area (Å²) in [4.78, 5) is 14.3. The molecule has 0 bridgehead atoms. The first-order valence-electron chi connectivity index (χ1n) is 8.17. The number of hydrogen-bond donors (Lipinski definition) is 2. The second-order valence-electron chi connectivity index (χ2n) is 6.29. The molecule has 0 aliphatic carbocycles. The molecular formula is C18H22N4O2. The Morgan fingerprint density at radius 2 is 2.17 bits per heavy atom. The average Bonchev–Trinajstić information content (AvgIpc) is 3.24. The molecular weight excluding hydrogens is 304 g/mol. The van der Waals surface area contributed by atoms with E-state index >= 15 is 0 Å². The number of benzene rings is 1. The summed E-state index contributed by atoms with van der Waals surface area (Å²) in [6.07, 6.45) is 4.42. The zero-order valence-electron chi connectivity index (χ0n) is 14.0. The van der Waals surface area contributed by atoms with Crippen molar-refractivity contribution in [1.82, 2.24) is 20.3 Å². The molecule has 1 saturated heterocycles. The van der Waals surface area contributed by atoms with Crippen molar-refractivity contribution in [2.24, 2.45) is 0 Å². The number of carbonyl (C=O) groups is 1. The lowest BCUT2D eigenvalue weighted by atomic mass is 10.00. The highest BCUT2D eigenvalue weighted by molar-refractivity contribution is 5.95. The zero-order valence-corrected chi connectivity index (χ0v) is 14.0. The van der Waals surface area contributed by atoms with Gasteiger partial charge in [-0.15, -0.1) is 0 Å². The van der Waals surface area contributed by atoms with Gasteiger partial charge in [-0.25, -0.2) is 0 Å². The Balaban J connectivity index is 1.75. The quantitative estimate of drug-likeness (QED) is 0.842. The van der Waals surface area contributed by atoms with Crippen molar-refractivity contribution in [3.05, 3.63) is 53.4 Å². The first kappa shape index (κ1) is 16.4. The number of H-pyrrole nitrogens is 1. The monoisotopic (exact) mass is 326 g/mol. The average molecular weight is 326 g/mol. The fourth-order valence-corrected chi connectivity index (χ4v) is 3.01. The van der Waals surface area contributed by atoms with E-state index in [2.05, 4.69) is 15.4 Å². The molecule has 2 N–H and O–H groups in total. The second-order valence-corrected chi connectivity index (χ2v) is 6.29. The highest BCUT2D eigenvalue weighted by atomic mass is 16.3. The van der Waals surface area contributed by atoms with Crippen molar-refractivity contribution < 1.29 is 9.90 Å². The lowest BCUT2D eigenvalue weighted by Crippen LogP contribution is -2.34. The molecule has 0 radical (unpaired) electrons. The van der Waals surface area contributed by atoms with Crippen LogP contribution >= 0.6 is 0 Å². The molecule has 1 unspecified atom stereocenters. The molecule has 3 rings (SSSR count). The number of aryl methyl sites for hydroxylation is 1. The van der Waals surface area contributed by atoms with Gasteiger partial charge in [-0.1, -0.05) is 36.8 Å². The number of likely N-dealkylation sites (tertiary alicyclic amines) is 1. The number of aromatic nitrogens is 3. The minimum Gasteiger partial charge on any atom is -0.381 e. The molecule has 1 aliphatic heterocycles. The summed E-state index contributed by atoms with van der Waals surface area (Å²) in [6, 6.07) is 8.16. The number of hydrogen-bond acceptors (Lipinski definition) is 4. The van der Waals surface area contributed by atoms with Crippen LogP contribution < -0.4 is 0 Å². The number of nitrogens with one attached hydrogen (secondary N) is 1. The lowest BCUT2D eigenvalue weighted by Gasteiger charge is -2.20. The van der Waals surface area contributed by atoms with Gasteiger partial charge in [0, 0.05) is 19.0 Å². The minimum atomic E-state index is -1.12. The maximum absolute atomic E-state index is 12.6. The van der Waals surface area contributed by atoms with Crippen LogP contribution in [0.2, 0.25) is 0 Å². The smallest absolute Gasteiger partial charge is 0.246 e. The summed E-state index contributed by atoms with van der Waals surface area (Å²) in [5.41, 5.74) is 2.61. The van der Waals surface area contributed by atoms with Gasteiger partial charge in [0.25, 0.3) is 0 Å². The summed E-state index contributed by atoms with van der Waals surface area (Å²) in [5, 5.41) is 20.9. The highest BCUT2D eigenvalue weighted by Gasteiger charge is 2.41. The van der Waals surface area contributed by atoms with Crippen LogP contribution in [0.5, 0.6) is 0 Å². The van der Waals surface area contributed by atoms with Gasteiger partial charge >= 0.3 is 0 Å². The normalized spacial score (nSPS) is 21.3. The molecule has 0 saturated carbocycles. The standard InChI is InChI=1S/C18H22N4O2/c1-3-14(15-6-4-13(2)5-7-15)10-17(23)22-9-8-18(24,12-22)16-11-19-21-20-16/h4-7,10-11,24H,3,8-9,12H2,1-2H3,(H,19,20,21)/b14-10+. The topological polar surface area (TPSA) is 82.1 Å². The van der Waals surface area contributed by atoms with Crippen LogP contribution in [-0.4, -0.2) is 44.4 Å². The molecule has 0 spiro atoms. The Hall–Kier alpha value is -2.47. The minimum absolute atomic E-state index is 0.0770. The second kappa shape index (κ2) is 6.57. The van der Waals surface area contributed by atoms with Crippen LogP contribution in [0.3, 0.4) is 0 Å². The molecule has 1 atom stereocenters. The van der Waals surface area contributed by atoms with Gasteiger partial charge in [0.2, 0.25) is 5.91 Å². The van der Waals surface area contributed by atoms with Crippen LogP contribution in [-0.2, 0) is 10.4 Å². The molecule has 1 aliphatic rings. The number of amides is 1. The van der Waals surface area contributed by atoms with E-state index in [1.165, 1.54) is 11.8 Å². The van der Waals surface area contributed by atoms with E-state index in [0.717, 1.165) is 17.6 Å². The summed E-state index contributed by atoms with van der Waals surface area (Å²) < 4.78 is 0. The number of nitrogens with zero attached hydrogens (tertiary/aromatic N) is 3. The van der Waals surface area contributed by atoms with Crippen molar-refractivity contribution in [2.75, 3.05) is 13.1 Å². The number of aromatic amines is 1. The summed E-state index contributed by atoms with van der Waals surface area (Å²) in [6.45, 7) is 4.82. The number of β-amino-alcohol motifs (C(OH)–C–C–N with tert-alkyl or cyclic N) is 1. The maximum atomic E-state index is 12.6. The van der Waals surface area contributed by atoms with Crippen LogP contribution in [0, 0.1) is 6.92 Å². The number of rotatable bonds is 4. The van der Waals surface area contributed by atoms with Gasteiger partial charge in [-0.3, -0.25) is 4.79 Å². The summed E-state index contributed by atoms with van der Waals surface area (Å²) in [5.74, 6) is -0.0770. The van der Waals surface area contributed by atoms with E-state index in [1.807, 2.05) is 38.1 Å². The fraction of sp³-hybridized carbons (Fsp3) is 0.389. The third kappa shape index (κ3) is 3.23. The van der Waals surface area contributed by atoms with Gasteiger partial charge in [0.15, 0.2) is 0 Å². The number of allylic oxidation sites excluding steroid dienone is 1. The predicted molar refractivity (Wildman–Crippen MR) is 90.9 cm³/mol. The predicted octanol–water partition coefficient (Wildman–Crippen LogP) is 2.03. The molecule has 24 heavy (non-hydrogen) atoms. The van der Waals surface area contributed by atoms with Crippen molar-refractivity contribution in [3.8, 4) is 0 Å². The third-order valence-corrected chi connectivity index (χ3v) is 4.55. The lowest BCUT2D eigenvalue weighted by molar-refractivity contribution is -0.126. The Labute approximate surface area is 141 Å². The van der Waals surface area contributed by atoms with Gasteiger partial charge in [0.1, 0.15) is 11.3 Å². The molecule has 126 valence electrons. The first-order chi connectivity index (χ1) is 11.5. The van der Waals surface area contributed by atoms with E-state index in [0.29, 0.717) is 18.7 Å². The van der Waals surface area contributed by atoms with E-state index in [1.54, 1.807) is 11.0 Å². The molecule has 2 heterocycles. The number of aliphatic hydroxyl groups is 1. The van der Waals surface area contributed by atoms with E-state index in [4.69, 9.17) is 0 Å². The molecule has 6 nitrogen and oxygen atoms in total. The van der Waals surface area contributed by atoms with Crippen LogP contribution in [0.15, 0.2) is 36.5 Å². The van der Waals surface area contributed by atoms with Gasteiger partial charge in [-0.05, 0) is 24.5 Å². The van der Waals surface area contributed by atoms with Crippen molar-refractivity contribution in [2.45, 2.75) is 32.3 Å². The molecule has 1 aromatic carbocycles. The fourth-order valence-electron chi connectivity index (χ4n) is 3.01. The Morgan fingerprint density at radius 3 is 2.79 bits per heavy atom.